The van der Waals surface area contributed by atoms with Crippen LogP contribution in [0.25, 0.3) is 0 Å². The van der Waals surface area contributed by atoms with Gasteiger partial charge in [-0.05, 0) is 30.9 Å². The van der Waals surface area contributed by atoms with E-state index < -0.39 is 5.92 Å². The average Bonchev–Trinajstić information content (AvgIpc) is 2.86. The first kappa shape index (κ1) is 23.1. The number of carbonyl (C=O) groups is 2. The number of aryl methyl sites for hydroxylation is 1. The molecule has 3 N–H and O–H groups in total. The van der Waals surface area contributed by atoms with Gasteiger partial charge in [0.05, 0.1) is 11.3 Å². The number of aromatic nitrogens is 2. The molecule has 35 heavy (non-hydrogen) atoms. The lowest BCUT2D eigenvalue weighted by Gasteiger charge is -2.32. The number of amides is 1. The topological polar surface area (TPSA) is 104 Å². The second-order valence-corrected chi connectivity index (χ2v) is 9.79. The zero-order valence-electron chi connectivity index (χ0n) is 19.4. The summed E-state index contributed by atoms with van der Waals surface area (Å²) in [5, 5.41) is 6.52. The van der Waals surface area contributed by atoms with Crippen LogP contribution in [0.2, 0.25) is 0 Å². The molecule has 1 unspecified atom stereocenters. The van der Waals surface area contributed by atoms with Crippen LogP contribution in [0, 0.1) is 6.92 Å². The van der Waals surface area contributed by atoms with E-state index in [0.717, 1.165) is 35.2 Å². The molecule has 0 bridgehead atoms. The van der Waals surface area contributed by atoms with Gasteiger partial charge >= 0.3 is 0 Å². The van der Waals surface area contributed by atoms with Crippen LogP contribution in [0.5, 0.6) is 0 Å². The van der Waals surface area contributed by atoms with Crippen LogP contribution < -0.4 is 16.2 Å². The van der Waals surface area contributed by atoms with Crippen LogP contribution in [0.3, 0.4) is 0 Å². The molecule has 2 aromatic carbocycles. The van der Waals surface area contributed by atoms with Crippen LogP contribution in [0.4, 0.5) is 5.82 Å². The SMILES string of the molecule is Cc1ccc(C2C3=C(CCCC3=O)Nc3nc(SCC(=O)NCc4ccccc4)[nH]c(=O)c32)cc1. The lowest BCUT2D eigenvalue weighted by atomic mass is 9.76. The van der Waals surface area contributed by atoms with Gasteiger partial charge in [0.15, 0.2) is 10.9 Å². The summed E-state index contributed by atoms with van der Waals surface area (Å²) in [6.45, 7) is 2.45. The third kappa shape index (κ3) is 4.93. The monoisotopic (exact) mass is 486 g/mol. The fourth-order valence-corrected chi connectivity index (χ4v) is 5.27. The van der Waals surface area contributed by atoms with E-state index in [1.165, 1.54) is 11.8 Å². The number of thioether (sulfide) groups is 1. The molecule has 5 rings (SSSR count). The maximum atomic E-state index is 13.3. The quantitative estimate of drug-likeness (QED) is 0.359. The lowest BCUT2D eigenvalue weighted by molar-refractivity contribution is -0.118. The third-order valence-corrected chi connectivity index (χ3v) is 7.19. The number of fused-ring (bicyclic) bond motifs is 1. The molecule has 0 radical (unpaired) electrons. The van der Waals surface area contributed by atoms with Crippen molar-refractivity contribution in [2.24, 2.45) is 0 Å². The maximum absolute atomic E-state index is 13.3. The van der Waals surface area contributed by atoms with E-state index in [2.05, 4.69) is 20.6 Å². The number of allylic oxidation sites excluding steroid dienone is 2. The first-order valence-corrected chi connectivity index (χ1v) is 12.7. The van der Waals surface area contributed by atoms with E-state index in [4.69, 9.17) is 0 Å². The molecule has 1 aliphatic heterocycles. The van der Waals surface area contributed by atoms with E-state index in [-0.39, 0.29) is 23.0 Å². The van der Waals surface area contributed by atoms with Crippen LogP contribution in [0.1, 0.15) is 47.4 Å². The van der Waals surface area contributed by atoms with Crippen molar-refractivity contribution in [3.63, 3.8) is 0 Å². The summed E-state index contributed by atoms with van der Waals surface area (Å²) in [6.07, 6.45) is 1.99. The van der Waals surface area contributed by atoms with Gasteiger partial charge in [0.2, 0.25) is 5.91 Å². The summed E-state index contributed by atoms with van der Waals surface area (Å²) in [5.74, 6) is 0.0529. The first-order chi connectivity index (χ1) is 17.0. The number of nitrogens with zero attached hydrogens (tertiary/aromatic N) is 1. The zero-order chi connectivity index (χ0) is 24.4. The second kappa shape index (κ2) is 9.92. The Hall–Kier alpha value is -3.65. The van der Waals surface area contributed by atoms with Crippen LogP contribution in [-0.4, -0.2) is 27.4 Å². The Labute approximate surface area is 207 Å². The number of nitrogens with one attached hydrogen (secondary N) is 3. The molecule has 1 aromatic heterocycles. The van der Waals surface area contributed by atoms with Crippen molar-refractivity contribution in [3.8, 4) is 0 Å². The van der Waals surface area contributed by atoms with Gasteiger partial charge in [-0.1, -0.05) is 71.9 Å². The Kier molecular flexibility index (Phi) is 6.55. The molecule has 3 aromatic rings. The summed E-state index contributed by atoms with van der Waals surface area (Å²) in [6, 6.07) is 17.6. The van der Waals surface area contributed by atoms with E-state index in [1.54, 1.807) is 0 Å². The van der Waals surface area contributed by atoms with E-state index in [9.17, 15) is 14.4 Å². The molecule has 1 atom stereocenters. The Morgan fingerprint density at radius 1 is 1.09 bits per heavy atom. The maximum Gasteiger partial charge on any atom is 0.257 e. The van der Waals surface area contributed by atoms with E-state index in [0.29, 0.717) is 35.1 Å². The molecule has 0 fully saturated rings. The molecule has 178 valence electrons. The number of hydrogen-bond acceptors (Lipinski definition) is 6. The van der Waals surface area contributed by atoms with Gasteiger partial charge in [-0.3, -0.25) is 14.4 Å². The Balaban J connectivity index is 1.40. The van der Waals surface area contributed by atoms with Crippen molar-refractivity contribution < 1.29 is 9.59 Å². The fourth-order valence-electron chi connectivity index (χ4n) is 4.58. The van der Waals surface area contributed by atoms with E-state index in [1.807, 2.05) is 61.5 Å². The predicted molar refractivity (Wildman–Crippen MR) is 136 cm³/mol. The number of benzene rings is 2. The van der Waals surface area contributed by atoms with Gasteiger partial charge in [-0.2, -0.15) is 0 Å². The number of ketones is 1. The van der Waals surface area contributed by atoms with Gasteiger partial charge in [-0.15, -0.1) is 0 Å². The predicted octanol–water partition coefficient (Wildman–Crippen LogP) is 4.05. The number of aromatic amines is 1. The molecular formula is C27H26N4O3S. The molecule has 1 amide bonds. The Bertz CT molecular complexity index is 1360. The normalized spacial score (nSPS) is 16.8. The largest absolute Gasteiger partial charge is 0.351 e. The van der Waals surface area contributed by atoms with Crippen molar-refractivity contribution in [1.82, 2.24) is 15.3 Å². The smallest absolute Gasteiger partial charge is 0.257 e. The lowest BCUT2D eigenvalue weighted by Crippen LogP contribution is -2.32. The number of rotatable bonds is 6. The van der Waals surface area contributed by atoms with Crippen LogP contribution >= 0.6 is 11.8 Å². The minimum Gasteiger partial charge on any atom is -0.351 e. The molecule has 0 saturated carbocycles. The highest BCUT2D eigenvalue weighted by Gasteiger charge is 2.37. The number of Topliss-reactive ketones (excluding diaryl/α,β-unsaturated/α-hetero) is 1. The van der Waals surface area contributed by atoms with Crippen molar-refractivity contribution in [2.75, 3.05) is 11.1 Å². The molecule has 0 spiro atoms. The zero-order valence-corrected chi connectivity index (χ0v) is 20.2. The standard InChI is InChI=1S/C27H26N4O3S/c1-16-10-12-18(13-11-16)22-23-19(8-5-9-20(23)32)29-25-24(22)26(34)31-27(30-25)35-15-21(33)28-14-17-6-3-2-4-7-17/h2-4,6-7,10-13,22H,5,8-9,14-15H2,1H3,(H,28,33)(H2,29,30,31,34). The summed E-state index contributed by atoms with van der Waals surface area (Å²) in [4.78, 5) is 46.0. The number of anilines is 1. The van der Waals surface area contributed by atoms with Gasteiger partial charge in [-0.25, -0.2) is 4.98 Å². The molecule has 8 heteroatoms. The molecule has 1 aliphatic carbocycles. The highest BCUT2D eigenvalue weighted by molar-refractivity contribution is 7.99. The highest BCUT2D eigenvalue weighted by atomic mass is 32.2. The van der Waals surface area contributed by atoms with Crippen molar-refractivity contribution >= 4 is 29.3 Å². The summed E-state index contributed by atoms with van der Waals surface area (Å²) in [7, 11) is 0. The molecule has 2 aliphatic rings. The van der Waals surface area contributed by atoms with Crippen LogP contribution in [0.15, 0.2) is 75.8 Å². The number of hydrogen-bond donors (Lipinski definition) is 3. The summed E-state index contributed by atoms with van der Waals surface area (Å²) < 4.78 is 0. The molecule has 0 saturated heterocycles. The van der Waals surface area contributed by atoms with E-state index >= 15 is 0 Å². The summed E-state index contributed by atoms with van der Waals surface area (Å²) >= 11 is 1.18. The minimum absolute atomic E-state index is 0.0721. The first-order valence-electron chi connectivity index (χ1n) is 11.7. The summed E-state index contributed by atoms with van der Waals surface area (Å²) in [5.41, 5.74) is 4.68. The number of H-pyrrole nitrogens is 1. The molecule has 2 heterocycles. The van der Waals surface area contributed by atoms with Gasteiger partial charge < -0.3 is 15.6 Å². The van der Waals surface area contributed by atoms with Gasteiger partial charge in [0.1, 0.15) is 5.82 Å². The second-order valence-electron chi connectivity index (χ2n) is 8.82. The Morgan fingerprint density at radius 3 is 2.63 bits per heavy atom. The number of carbonyl (C=O) groups excluding carboxylic acids is 2. The Morgan fingerprint density at radius 2 is 1.86 bits per heavy atom. The van der Waals surface area contributed by atoms with Gasteiger partial charge in [0.25, 0.3) is 5.56 Å². The molecular weight excluding hydrogens is 460 g/mol. The van der Waals surface area contributed by atoms with Gasteiger partial charge in [0, 0.05) is 30.2 Å². The van der Waals surface area contributed by atoms with Crippen molar-refractivity contribution in [3.05, 3.63) is 98.5 Å². The fraction of sp³-hybridized carbons (Fsp3) is 0.259. The van der Waals surface area contributed by atoms with Crippen molar-refractivity contribution in [1.29, 1.82) is 0 Å². The third-order valence-electron chi connectivity index (χ3n) is 6.32. The average molecular weight is 487 g/mol. The molecule has 7 nitrogen and oxygen atoms in total. The minimum atomic E-state index is -0.459. The van der Waals surface area contributed by atoms with Crippen molar-refractivity contribution in [2.45, 2.75) is 43.8 Å². The highest BCUT2D eigenvalue weighted by Crippen LogP contribution is 2.43. The van der Waals surface area contributed by atoms with Crippen LogP contribution in [-0.2, 0) is 16.1 Å².